The van der Waals surface area contributed by atoms with Crippen LogP contribution in [0.15, 0.2) is 5.10 Å². The molecule has 4 nitrogen and oxygen atoms in total. The molecule has 64 valence electrons. The first-order chi connectivity index (χ1) is 5.07. The molecule has 0 radical (unpaired) electrons. The minimum atomic E-state index is -0.0443. The molecule has 0 aromatic heterocycles. The predicted octanol–water partition coefficient (Wildman–Crippen LogP) is -0.244. The second-order valence-corrected chi connectivity index (χ2v) is 2.59. The molecule has 0 rings (SSSR count). The van der Waals surface area contributed by atoms with Crippen LogP contribution >= 0.6 is 12.2 Å². The first kappa shape index (κ1) is 10.3. The Hall–Kier alpha value is -0.680. The van der Waals surface area contributed by atoms with Crippen molar-refractivity contribution in [2.24, 2.45) is 10.8 Å². The van der Waals surface area contributed by atoms with Gasteiger partial charge in [-0.15, -0.1) is 0 Å². The van der Waals surface area contributed by atoms with Crippen LogP contribution in [0.25, 0.3) is 0 Å². The molecule has 0 amide bonds. The predicted molar refractivity (Wildman–Crippen MR) is 51.6 cm³/mol. The standard InChI is InChI=1S/C6H14N4S/c1-5(7)4-9-10(3)6(11)8-2/h4-5H,7H2,1-3H3,(H,8,11). The van der Waals surface area contributed by atoms with Crippen molar-refractivity contribution in [1.29, 1.82) is 0 Å². The average molecular weight is 174 g/mol. The Bertz CT molecular complexity index is 155. The summed E-state index contributed by atoms with van der Waals surface area (Å²) in [6.07, 6.45) is 1.63. The Balaban J connectivity index is 3.86. The number of hydrazone groups is 1. The molecular weight excluding hydrogens is 160 g/mol. The SMILES string of the molecule is CNC(=S)N(C)N=CC(C)N. The third-order valence-electron chi connectivity index (χ3n) is 0.983. The van der Waals surface area contributed by atoms with Crippen LogP contribution in [0.4, 0.5) is 0 Å². The van der Waals surface area contributed by atoms with Crippen LogP contribution in [0.5, 0.6) is 0 Å². The van der Waals surface area contributed by atoms with E-state index in [1.165, 1.54) is 0 Å². The maximum Gasteiger partial charge on any atom is 0.189 e. The van der Waals surface area contributed by atoms with Gasteiger partial charge in [0.2, 0.25) is 0 Å². The minimum Gasteiger partial charge on any atom is -0.364 e. The highest BCUT2D eigenvalue weighted by molar-refractivity contribution is 7.80. The van der Waals surface area contributed by atoms with E-state index >= 15 is 0 Å². The van der Waals surface area contributed by atoms with E-state index in [4.69, 9.17) is 18.0 Å². The van der Waals surface area contributed by atoms with Crippen LogP contribution in [-0.2, 0) is 0 Å². The molecule has 11 heavy (non-hydrogen) atoms. The van der Waals surface area contributed by atoms with Crippen LogP contribution in [0.2, 0.25) is 0 Å². The number of nitrogens with one attached hydrogen (secondary N) is 1. The Morgan fingerprint density at radius 1 is 1.82 bits per heavy atom. The van der Waals surface area contributed by atoms with Gasteiger partial charge in [-0.2, -0.15) is 5.10 Å². The Labute approximate surface area is 72.4 Å². The van der Waals surface area contributed by atoms with E-state index in [2.05, 4.69) is 10.4 Å². The second-order valence-electron chi connectivity index (χ2n) is 2.20. The molecule has 0 saturated heterocycles. The van der Waals surface area contributed by atoms with Gasteiger partial charge >= 0.3 is 0 Å². The number of nitrogens with two attached hydrogens (primary N) is 1. The smallest absolute Gasteiger partial charge is 0.189 e. The highest BCUT2D eigenvalue weighted by Crippen LogP contribution is 1.83. The van der Waals surface area contributed by atoms with E-state index in [1.54, 1.807) is 25.3 Å². The normalized spacial score (nSPS) is 13.1. The van der Waals surface area contributed by atoms with Crippen molar-refractivity contribution >= 4 is 23.5 Å². The van der Waals surface area contributed by atoms with E-state index in [0.717, 1.165) is 0 Å². The van der Waals surface area contributed by atoms with E-state index in [9.17, 15) is 0 Å². The molecule has 0 heterocycles. The van der Waals surface area contributed by atoms with Crippen LogP contribution in [0, 0.1) is 0 Å². The number of hydrogen-bond donors (Lipinski definition) is 2. The maximum absolute atomic E-state index is 5.44. The molecule has 0 aliphatic carbocycles. The lowest BCUT2D eigenvalue weighted by Gasteiger charge is -2.12. The quantitative estimate of drug-likeness (QED) is 0.344. The van der Waals surface area contributed by atoms with Crippen LogP contribution in [0.1, 0.15) is 6.92 Å². The second kappa shape index (κ2) is 5.03. The van der Waals surface area contributed by atoms with Crippen molar-refractivity contribution in [1.82, 2.24) is 10.3 Å². The largest absolute Gasteiger partial charge is 0.364 e. The fourth-order valence-electron chi connectivity index (χ4n) is 0.419. The lowest BCUT2D eigenvalue weighted by atomic mass is 10.4. The summed E-state index contributed by atoms with van der Waals surface area (Å²) in [4.78, 5) is 0. The van der Waals surface area contributed by atoms with E-state index < -0.39 is 0 Å². The molecule has 0 saturated carbocycles. The van der Waals surface area contributed by atoms with Crippen LogP contribution < -0.4 is 11.1 Å². The third kappa shape index (κ3) is 4.69. The van der Waals surface area contributed by atoms with Gasteiger partial charge in [0.15, 0.2) is 5.11 Å². The van der Waals surface area contributed by atoms with Gasteiger partial charge in [0, 0.05) is 26.4 Å². The van der Waals surface area contributed by atoms with Crippen molar-refractivity contribution in [3.63, 3.8) is 0 Å². The third-order valence-corrected chi connectivity index (χ3v) is 1.45. The molecule has 0 spiro atoms. The summed E-state index contributed by atoms with van der Waals surface area (Å²) in [5.74, 6) is 0. The first-order valence-corrected chi connectivity index (χ1v) is 3.74. The molecule has 1 unspecified atom stereocenters. The molecule has 0 bridgehead atoms. The Morgan fingerprint density at radius 2 is 2.36 bits per heavy atom. The van der Waals surface area contributed by atoms with Crippen molar-refractivity contribution in [2.75, 3.05) is 14.1 Å². The number of rotatable bonds is 2. The van der Waals surface area contributed by atoms with Gasteiger partial charge in [-0.1, -0.05) is 0 Å². The molecule has 3 N–H and O–H groups in total. The van der Waals surface area contributed by atoms with E-state index in [-0.39, 0.29) is 6.04 Å². The summed E-state index contributed by atoms with van der Waals surface area (Å²) in [7, 11) is 3.51. The molecule has 1 atom stereocenters. The fraction of sp³-hybridized carbons (Fsp3) is 0.667. The summed E-state index contributed by atoms with van der Waals surface area (Å²) >= 11 is 4.89. The number of nitrogens with zero attached hydrogens (tertiary/aromatic N) is 2. The Morgan fingerprint density at radius 3 is 2.73 bits per heavy atom. The number of thiocarbonyl (C=S) groups is 1. The van der Waals surface area contributed by atoms with Gasteiger partial charge in [-0.25, -0.2) is 5.01 Å². The lowest BCUT2D eigenvalue weighted by molar-refractivity contribution is 0.537. The highest BCUT2D eigenvalue weighted by atomic mass is 32.1. The average Bonchev–Trinajstić information content (AvgIpc) is 1.98. The summed E-state index contributed by atoms with van der Waals surface area (Å²) in [5, 5.41) is 8.89. The maximum atomic E-state index is 5.44. The van der Waals surface area contributed by atoms with E-state index in [0.29, 0.717) is 5.11 Å². The van der Waals surface area contributed by atoms with Crippen molar-refractivity contribution in [3.8, 4) is 0 Å². The molecular formula is C6H14N4S. The van der Waals surface area contributed by atoms with Gasteiger partial charge in [0.1, 0.15) is 0 Å². The van der Waals surface area contributed by atoms with E-state index in [1.807, 2.05) is 6.92 Å². The summed E-state index contributed by atoms with van der Waals surface area (Å²) in [6.45, 7) is 1.85. The van der Waals surface area contributed by atoms with Gasteiger partial charge in [-0.05, 0) is 19.1 Å². The summed E-state index contributed by atoms with van der Waals surface area (Å²) in [5.41, 5.74) is 5.44. The zero-order valence-electron chi connectivity index (χ0n) is 7.03. The first-order valence-electron chi connectivity index (χ1n) is 3.33. The lowest BCUT2D eigenvalue weighted by Crippen LogP contribution is -2.31. The Kier molecular flexibility index (Phi) is 4.72. The fourth-order valence-corrected chi connectivity index (χ4v) is 0.467. The molecule has 0 aromatic carbocycles. The van der Waals surface area contributed by atoms with Crippen molar-refractivity contribution < 1.29 is 0 Å². The van der Waals surface area contributed by atoms with Gasteiger partial charge < -0.3 is 11.1 Å². The zero-order valence-corrected chi connectivity index (χ0v) is 7.85. The molecule has 0 fully saturated rings. The van der Waals surface area contributed by atoms with Crippen LogP contribution in [0.3, 0.4) is 0 Å². The monoisotopic (exact) mass is 174 g/mol. The topological polar surface area (TPSA) is 53.6 Å². The van der Waals surface area contributed by atoms with Crippen LogP contribution in [-0.4, -0.2) is 36.5 Å². The van der Waals surface area contributed by atoms with Gasteiger partial charge in [0.25, 0.3) is 0 Å². The van der Waals surface area contributed by atoms with Gasteiger partial charge in [-0.3, -0.25) is 0 Å². The summed E-state index contributed by atoms with van der Waals surface area (Å²) < 4.78 is 0. The van der Waals surface area contributed by atoms with Crippen molar-refractivity contribution in [2.45, 2.75) is 13.0 Å². The van der Waals surface area contributed by atoms with Gasteiger partial charge in [0.05, 0.1) is 0 Å². The molecule has 5 heteroatoms. The molecule has 0 aromatic rings. The minimum absolute atomic E-state index is 0.0443. The van der Waals surface area contributed by atoms with Crippen molar-refractivity contribution in [3.05, 3.63) is 0 Å². The molecule has 0 aliphatic rings. The highest BCUT2D eigenvalue weighted by Gasteiger charge is 1.96. The zero-order chi connectivity index (χ0) is 8.85. The number of hydrogen-bond acceptors (Lipinski definition) is 3. The molecule has 0 aliphatic heterocycles. The summed E-state index contributed by atoms with van der Waals surface area (Å²) in [6, 6.07) is -0.0443.